The number of aromatic nitrogens is 3. The van der Waals surface area contributed by atoms with Gasteiger partial charge >= 0.3 is 0 Å². The number of halogens is 3. The number of rotatable bonds is 10. The molecule has 2 aromatic carbocycles. The van der Waals surface area contributed by atoms with Crippen molar-refractivity contribution in [3.8, 4) is 17.3 Å². The van der Waals surface area contributed by atoms with Crippen molar-refractivity contribution < 1.29 is 31.1 Å². The topological polar surface area (TPSA) is 129 Å². The molecule has 0 saturated carbocycles. The van der Waals surface area contributed by atoms with Gasteiger partial charge < -0.3 is 10.5 Å². The Morgan fingerprint density at radius 3 is 2.71 bits per heavy atom. The van der Waals surface area contributed by atoms with E-state index in [0.29, 0.717) is 28.0 Å². The van der Waals surface area contributed by atoms with Crippen LogP contribution in [0.1, 0.15) is 33.5 Å². The van der Waals surface area contributed by atoms with Crippen LogP contribution in [0.5, 0.6) is 11.6 Å². The molecule has 13 heteroatoms. The van der Waals surface area contributed by atoms with Gasteiger partial charge in [0.2, 0.25) is 15.9 Å². The van der Waals surface area contributed by atoms with E-state index in [1.807, 2.05) is 0 Å². The van der Waals surface area contributed by atoms with Crippen LogP contribution in [0.15, 0.2) is 60.4 Å². The molecule has 0 aliphatic heterocycles. The van der Waals surface area contributed by atoms with Gasteiger partial charge in [0, 0.05) is 24.1 Å². The number of allylic oxidation sites excluding steroid dienone is 1. The molecule has 5 rings (SSSR count). The number of ketones is 1. The van der Waals surface area contributed by atoms with Gasteiger partial charge in [-0.2, -0.15) is 5.10 Å². The first-order valence-corrected chi connectivity index (χ1v) is 14.1. The highest BCUT2D eigenvalue weighted by Gasteiger charge is 2.26. The lowest BCUT2D eigenvalue weighted by Crippen LogP contribution is -2.18. The molecule has 1 aliphatic carbocycles. The monoisotopic (exact) mass is 583 g/mol. The average molecular weight is 584 g/mol. The Kier molecular flexibility index (Phi) is 7.54. The highest BCUT2D eigenvalue weighted by molar-refractivity contribution is 7.92. The lowest BCUT2D eigenvalue weighted by molar-refractivity contribution is 0.103. The van der Waals surface area contributed by atoms with E-state index in [-0.39, 0.29) is 41.5 Å². The first-order chi connectivity index (χ1) is 19.5. The molecule has 4 aromatic rings. The van der Waals surface area contributed by atoms with Crippen LogP contribution in [0.3, 0.4) is 0 Å². The quantitative estimate of drug-likeness (QED) is 0.247. The molecule has 0 bridgehead atoms. The summed E-state index contributed by atoms with van der Waals surface area (Å²) in [6, 6.07) is 9.72. The normalized spacial score (nSPS) is 12.6. The third-order valence-electron chi connectivity index (χ3n) is 6.40. The number of carbonyl (C=O) groups is 1. The average Bonchev–Trinajstić information content (AvgIpc) is 3.50. The minimum absolute atomic E-state index is 0.0584. The van der Waals surface area contributed by atoms with Crippen LogP contribution < -0.4 is 15.2 Å². The molecular formula is C28H24F3N5O4S. The fourth-order valence-electron chi connectivity index (χ4n) is 4.40. The minimum Gasteiger partial charge on any atom is -0.439 e. The fraction of sp³-hybridized carbons (Fsp3) is 0.179. The number of anilines is 2. The van der Waals surface area contributed by atoms with Crippen LogP contribution in [0.25, 0.3) is 11.8 Å². The Balaban J connectivity index is 1.34. The van der Waals surface area contributed by atoms with Gasteiger partial charge in [-0.25, -0.2) is 26.9 Å². The van der Waals surface area contributed by atoms with Crippen molar-refractivity contribution in [3.05, 3.63) is 94.3 Å². The van der Waals surface area contributed by atoms with Crippen LogP contribution in [-0.4, -0.2) is 41.4 Å². The largest absolute Gasteiger partial charge is 0.439 e. The molecule has 0 spiro atoms. The molecule has 0 atom stereocenters. The van der Waals surface area contributed by atoms with Gasteiger partial charge in [-0.05, 0) is 60.4 Å². The number of sulfonamides is 1. The second-order valence-corrected chi connectivity index (χ2v) is 11.2. The van der Waals surface area contributed by atoms with Crippen molar-refractivity contribution in [2.24, 2.45) is 0 Å². The van der Waals surface area contributed by atoms with E-state index in [9.17, 15) is 26.4 Å². The van der Waals surface area contributed by atoms with E-state index in [1.54, 1.807) is 19.1 Å². The van der Waals surface area contributed by atoms with Gasteiger partial charge in [0.15, 0.2) is 5.78 Å². The van der Waals surface area contributed by atoms with E-state index in [4.69, 9.17) is 10.5 Å². The van der Waals surface area contributed by atoms with Gasteiger partial charge in [0.05, 0.1) is 41.8 Å². The van der Waals surface area contributed by atoms with E-state index >= 15 is 0 Å². The smallest absolute Gasteiger partial charge is 0.232 e. The molecule has 3 N–H and O–H groups in total. The van der Waals surface area contributed by atoms with Crippen LogP contribution >= 0.6 is 0 Å². The number of pyridine rings is 1. The molecule has 2 heterocycles. The van der Waals surface area contributed by atoms with Gasteiger partial charge in [-0.15, -0.1) is 0 Å². The maximum absolute atomic E-state index is 14.6. The Hall–Kier alpha value is -4.65. The molecule has 0 amide bonds. The molecule has 0 unspecified atom stereocenters. The van der Waals surface area contributed by atoms with Crippen molar-refractivity contribution >= 4 is 33.4 Å². The number of hydrogen-bond acceptors (Lipinski definition) is 7. The number of Topliss-reactive ketones (excluding diaryl/α,β-unsaturated/α-hetero) is 1. The number of nitrogens with one attached hydrogen (secondary N) is 1. The zero-order valence-corrected chi connectivity index (χ0v) is 22.5. The molecule has 2 aromatic heterocycles. The number of nitrogens with zero attached hydrogens (tertiary/aromatic N) is 3. The summed E-state index contributed by atoms with van der Waals surface area (Å²) in [7, 11) is -3.93. The summed E-state index contributed by atoms with van der Waals surface area (Å²) < 4.78 is 73.8. The molecular weight excluding hydrogens is 559 g/mol. The summed E-state index contributed by atoms with van der Waals surface area (Å²) in [4.78, 5) is 17.6. The summed E-state index contributed by atoms with van der Waals surface area (Å²) in [5.74, 6) is -1.61. The molecule has 0 fully saturated rings. The third-order valence-corrected chi connectivity index (χ3v) is 7.76. The lowest BCUT2D eigenvalue weighted by atomic mass is 10.0. The summed E-state index contributed by atoms with van der Waals surface area (Å²) in [6.07, 6.45) is 4.21. The number of alkyl halides is 1. The first kappa shape index (κ1) is 27.9. The molecule has 9 nitrogen and oxygen atoms in total. The first-order valence-electron chi connectivity index (χ1n) is 12.4. The summed E-state index contributed by atoms with van der Waals surface area (Å²) in [5, 5.41) is 4.26. The number of benzene rings is 2. The SMILES string of the molecule is Cc1cc(Oc2cccc(F)c2)ncc1-n1ncc(C(=O)C2=Cc3cc(F)c(NS(=O)(=O)CCCF)cc3C2)c1N. The van der Waals surface area contributed by atoms with Crippen molar-refractivity contribution in [3.63, 3.8) is 0 Å². The van der Waals surface area contributed by atoms with Gasteiger partial charge in [0.1, 0.15) is 23.2 Å². The van der Waals surface area contributed by atoms with Gasteiger partial charge in [-0.3, -0.25) is 13.9 Å². The fourth-order valence-corrected chi connectivity index (χ4v) is 5.48. The van der Waals surface area contributed by atoms with Crippen molar-refractivity contribution in [1.29, 1.82) is 0 Å². The Morgan fingerprint density at radius 2 is 1.98 bits per heavy atom. The molecule has 1 aliphatic rings. The maximum Gasteiger partial charge on any atom is 0.232 e. The van der Waals surface area contributed by atoms with Gasteiger partial charge in [-0.1, -0.05) is 6.07 Å². The standard InChI is InChI=1S/C28H24F3N5O4S/c1-16-8-26(40-21-5-2-4-20(30)13-21)33-15-25(16)36-28(32)22(14-34-36)27(37)19-9-17-11-23(31)24(12-18(17)10-19)35-41(38,39)7-3-6-29/h2,4-5,8-9,11-15,35H,3,6-7,10,32H2,1H3. The lowest BCUT2D eigenvalue weighted by Gasteiger charge is -2.11. The Bertz CT molecular complexity index is 1800. The highest BCUT2D eigenvalue weighted by Crippen LogP contribution is 2.33. The van der Waals surface area contributed by atoms with Crippen LogP contribution in [-0.2, 0) is 16.4 Å². The third kappa shape index (κ3) is 5.94. The van der Waals surface area contributed by atoms with Crippen molar-refractivity contribution in [1.82, 2.24) is 14.8 Å². The predicted molar refractivity (Wildman–Crippen MR) is 147 cm³/mol. The number of carbonyl (C=O) groups excluding carboxylic acids is 1. The highest BCUT2D eigenvalue weighted by atomic mass is 32.2. The molecule has 41 heavy (non-hydrogen) atoms. The number of nitrogens with two attached hydrogens (primary N) is 1. The number of ether oxygens (including phenoxy) is 1. The Labute approximate surface area is 233 Å². The van der Waals surface area contributed by atoms with E-state index in [2.05, 4.69) is 14.8 Å². The van der Waals surface area contributed by atoms with Crippen LogP contribution in [0.2, 0.25) is 0 Å². The zero-order chi connectivity index (χ0) is 29.3. The molecule has 0 saturated heterocycles. The van der Waals surface area contributed by atoms with Crippen molar-refractivity contribution in [2.75, 3.05) is 22.9 Å². The van der Waals surface area contributed by atoms with Crippen LogP contribution in [0.4, 0.5) is 24.7 Å². The number of nitrogen functional groups attached to an aromatic ring is 1. The second kappa shape index (κ2) is 11.1. The van der Waals surface area contributed by atoms with Gasteiger partial charge in [0.25, 0.3) is 0 Å². The number of fused-ring (bicyclic) bond motifs is 1. The zero-order valence-electron chi connectivity index (χ0n) is 21.7. The summed E-state index contributed by atoms with van der Waals surface area (Å²) in [5.41, 5.74) is 8.59. The molecule has 212 valence electrons. The number of hydrogen-bond donors (Lipinski definition) is 2. The Morgan fingerprint density at radius 1 is 1.17 bits per heavy atom. The molecule has 0 radical (unpaired) electrons. The second-order valence-electron chi connectivity index (χ2n) is 9.39. The maximum atomic E-state index is 14.6. The van der Waals surface area contributed by atoms with Crippen molar-refractivity contribution in [2.45, 2.75) is 19.8 Å². The minimum atomic E-state index is -3.93. The predicted octanol–water partition coefficient (Wildman–Crippen LogP) is 5.15. The van der Waals surface area contributed by atoms with E-state index in [1.165, 1.54) is 47.4 Å². The van der Waals surface area contributed by atoms with Crippen LogP contribution in [0, 0.1) is 18.6 Å². The van der Waals surface area contributed by atoms with E-state index < -0.39 is 39.9 Å². The summed E-state index contributed by atoms with van der Waals surface area (Å²) in [6.45, 7) is 0.960. The summed E-state index contributed by atoms with van der Waals surface area (Å²) >= 11 is 0. The van der Waals surface area contributed by atoms with E-state index in [0.717, 1.165) is 6.07 Å². The number of aryl methyl sites for hydroxylation is 1.